The van der Waals surface area contributed by atoms with Crippen LogP contribution in [0.5, 0.6) is 5.75 Å². The lowest BCUT2D eigenvalue weighted by Crippen LogP contribution is -2.24. The maximum atomic E-state index is 11.9. The van der Waals surface area contributed by atoms with Crippen LogP contribution in [0, 0.1) is 6.92 Å². The minimum Gasteiger partial charge on any atom is -0.488 e. The summed E-state index contributed by atoms with van der Waals surface area (Å²) >= 11 is 6.10. The van der Waals surface area contributed by atoms with Crippen LogP contribution in [0.3, 0.4) is 0 Å². The number of ether oxygens (including phenoxy) is 2. The monoisotopic (exact) mass is 333 g/mol. The summed E-state index contributed by atoms with van der Waals surface area (Å²) in [4.78, 5) is 11.9. The summed E-state index contributed by atoms with van der Waals surface area (Å²) in [6.07, 6.45) is 0. The van der Waals surface area contributed by atoms with Crippen molar-refractivity contribution in [2.45, 2.75) is 26.5 Å². The summed E-state index contributed by atoms with van der Waals surface area (Å²) in [7, 11) is 0. The van der Waals surface area contributed by atoms with Crippen molar-refractivity contribution < 1.29 is 14.3 Å². The highest BCUT2D eigenvalue weighted by molar-refractivity contribution is 6.30. The van der Waals surface area contributed by atoms with Gasteiger partial charge in [-0.25, -0.2) is 4.79 Å². The van der Waals surface area contributed by atoms with Gasteiger partial charge in [0.15, 0.2) is 0 Å². The van der Waals surface area contributed by atoms with Crippen LogP contribution in [0.15, 0.2) is 42.5 Å². The molecule has 0 saturated carbocycles. The van der Waals surface area contributed by atoms with Crippen LogP contribution >= 0.6 is 11.6 Å². The van der Waals surface area contributed by atoms with Gasteiger partial charge in [0.25, 0.3) is 0 Å². The number of benzene rings is 2. The predicted octanol–water partition coefficient (Wildman–Crippen LogP) is 3.79. The van der Waals surface area contributed by atoms with Crippen LogP contribution in [0.2, 0.25) is 5.02 Å². The fourth-order valence-corrected chi connectivity index (χ4v) is 2.55. The van der Waals surface area contributed by atoms with Crippen molar-refractivity contribution in [3.8, 4) is 5.75 Å². The summed E-state index contributed by atoms with van der Waals surface area (Å²) in [6.45, 7) is 4.26. The molecule has 2 rings (SSSR count). The average Bonchev–Trinajstić information content (AvgIpc) is 2.54. The molecule has 5 heteroatoms. The molecule has 2 aromatic rings. The number of nitrogens with two attached hydrogens (primary N) is 1. The molecule has 0 aliphatic rings. The molecule has 4 nitrogen and oxygen atoms in total. The Balaban J connectivity index is 2.28. The van der Waals surface area contributed by atoms with Crippen molar-refractivity contribution in [3.05, 3.63) is 64.2 Å². The highest BCUT2D eigenvalue weighted by atomic mass is 35.5. The molecule has 0 aliphatic heterocycles. The highest BCUT2D eigenvalue weighted by Gasteiger charge is 2.23. The Morgan fingerprint density at radius 1 is 1.26 bits per heavy atom. The minimum atomic E-state index is -0.932. The molecular weight excluding hydrogens is 314 g/mol. The van der Waals surface area contributed by atoms with E-state index < -0.39 is 12.0 Å². The second kappa shape index (κ2) is 7.99. The Kier molecular flexibility index (Phi) is 6.02. The molecule has 1 unspecified atom stereocenters. The average molecular weight is 334 g/mol. The van der Waals surface area contributed by atoms with E-state index in [4.69, 9.17) is 26.8 Å². The van der Waals surface area contributed by atoms with Crippen molar-refractivity contribution >= 4 is 17.6 Å². The summed E-state index contributed by atoms with van der Waals surface area (Å²) < 4.78 is 10.9. The molecule has 0 aliphatic carbocycles. The molecule has 0 heterocycles. The largest absolute Gasteiger partial charge is 0.488 e. The van der Waals surface area contributed by atoms with Crippen LogP contribution in [0.1, 0.15) is 29.7 Å². The molecule has 122 valence electrons. The van der Waals surface area contributed by atoms with Gasteiger partial charge in [0.1, 0.15) is 18.4 Å². The second-order valence-electron chi connectivity index (χ2n) is 5.15. The molecule has 0 amide bonds. The number of halogens is 1. The van der Waals surface area contributed by atoms with Gasteiger partial charge < -0.3 is 15.2 Å². The van der Waals surface area contributed by atoms with Crippen LogP contribution in [0.4, 0.5) is 0 Å². The zero-order valence-corrected chi connectivity index (χ0v) is 14.0. The Morgan fingerprint density at radius 2 is 1.96 bits per heavy atom. The molecule has 1 atom stereocenters. The van der Waals surface area contributed by atoms with E-state index in [1.807, 2.05) is 37.3 Å². The molecule has 0 aromatic heterocycles. The zero-order valence-electron chi connectivity index (χ0n) is 13.2. The Bertz CT molecular complexity index is 673. The Labute approximate surface area is 141 Å². The van der Waals surface area contributed by atoms with Gasteiger partial charge in [-0.3, -0.25) is 0 Å². The lowest BCUT2D eigenvalue weighted by Gasteiger charge is -2.18. The highest BCUT2D eigenvalue weighted by Crippen LogP contribution is 2.32. The Morgan fingerprint density at radius 3 is 2.61 bits per heavy atom. The number of hydrogen-bond acceptors (Lipinski definition) is 4. The first-order valence-electron chi connectivity index (χ1n) is 7.42. The smallest absolute Gasteiger partial charge is 0.327 e. The van der Waals surface area contributed by atoms with E-state index in [1.165, 1.54) is 0 Å². The van der Waals surface area contributed by atoms with Crippen molar-refractivity contribution in [3.63, 3.8) is 0 Å². The van der Waals surface area contributed by atoms with Crippen molar-refractivity contribution in [2.24, 2.45) is 5.73 Å². The lowest BCUT2D eigenvalue weighted by molar-refractivity contribution is -0.144. The zero-order chi connectivity index (χ0) is 16.8. The topological polar surface area (TPSA) is 61.5 Å². The molecule has 0 saturated heterocycles. The summed E-state index contributed by atoms with van der Waals surface area (Å²) in [5, 5.41) is 0.504. The quantitative estimate of drug-likeness (QED) is 0.817. The van der Waals surface area contributed by atoms with E-state index >= 15 is 0 Å². The van der Waals surface area contributed by atoms with Gasteiger partial charge in [-0.15, -0.1) is 0 Å². The molecule has 2 N–H and O–H groups in total. The third-order valence-corrected chi connectivity index (χ3v) is 3.59. The van der Waals surface area contributed by atoms with E-state index in [0.29, 0.717) is 22.9 Å². The molecule has 23 heavy (non-hydrogen) atoms. The van der Waals surface area contributed by atoms with E-state index in [9.17, 15) is 4.79 Å². The maximum Gasteiger partial charge on any atom is 0.327 e. The Hall–Kier alpha value is -2.04. The van der Waals surface area contributed by atoms with E-state index in [0.717, 1.165) is 11.1 Å². The number of esters is 1. The molecule has 2 aromatic carbocycles. The van der Waals surface area contributed by atoms with Gasteiger partial charge in [0.2, 0.25) is 0 Å². The molecule has 0 radical (unpaired) electrons. The molecular formula is C18H20ClNO3. The first kappa shape index (κ1) is 17.3. The van der Waals surface area contributed by atoms with Crippen LogP contribution in [0.25, 0.3) is 0 Å². The third kappa shape index (κ3) is 4.47. The van der Waals surface area contributed by atoms with Gasteiger partial charge in [-0.2, -0.15) is 0 Å². The van der Waals surface area contributed by atoms with Gasteiger partial charge in [0.05, 0.1) is 6.61 Å². The molecule has 0 fully saturated rings. The molecule has 0 spiro atoms. The van der Waals surface area contributed by atoms with E-state index in [-0.39, 0.29) is 6.61 Å². The number of carbonyl (C=O) groups is 1. The van der Waals surface area contributed by atoms with Crippen molar-refractivity contribution in [2.75, 3.05) is 6.61 Å². The van der Waals surface area contributed by atoms with Crippen LogP contribution in [-0.2, 0) is 16.1 Å². The molecule has 0 bridgehead atoms. The van der Waals surface area contributed by atoms with Crippen LogP contribution in [-0.4, -0.2) is 12.6 Å². The first-order valence-corrected chi connectivity index (χ1v) is 7.79. The third-order valence-electron chi connectivity index (χ3n) is 3.37. The summed E-state index contributed by atoms with van der Waals surface area (Å²) in [5.74, 6) is 0.0672. The number of carbonyl (C=O) groups excluding carboxylic acids is 1. The second-order valence-corrected chi connectivity index (χ2v) is 5.58. The summed E-state index contributed by atoms with van der Waals surface area (Å²) in [6, 6.07) is 12.3. The van der Waals surface area contributed by atoms with E-state index in [1.54, 1.807) is 19.1 Å². The summed E-state index contributed by atoms with van der Waals surface area (Å²) in [5.41, 5.74) is 8.40. The maximum absolute atomic E-state index is 11.9. The first-order chi connectivity index (χ1) is 11.0. The van der Waals surface area contributed by atoms with Crippen LogP contribution < -0.4 is 10.5 Å². The number of hydrogen-bond donors (Lipinski definition) is 1. The normalized spacial score (nSPS) is 11.8. The lowest BCUT2D eigenvalue weighted by atomic mass is 10.0. The van der Waals surface area contributed by atoms with Gasteiger partial charge in [-0.1, -0.05) is 41.9 Å². The standard InChI is InChI=1S/C18H20ClNO3/c1-3-22-18(21)16(20)15-10-14(19)9-12(2)17(15)23-11-13-7-5-4-6-8-13/h4-10,16H,3,11,20H2,1-2H3. The fourth-order valence-electron chi connectivity index (χ4n) is 2.27. The van der Waals surface area contributed by atoms with Gasteiger partial charge in [-0.05, 0) is 37.1 Å². The SMILES string of the molecule is CCOC(=O)C(N)c1cc(Cl)cc(C)c1OCc1ccccc1. The van der Waals surface area contributed by atoms with Crippen molar-refractivity contribution in [1.29, 1.82) is 0 Å². The predicted molar refractivity (Wildman–Crippen MR) is 90.5 cm³/mol. The minimum absolute atomic E-state index is 0.270. The van der Waals surface area contributed by atoms with Gasteiger partial charge in [0, 0.05) is 10.6 Å². The van der Waals surface area contributed by atoms with E-state index in [2.05, 4.69) is 0 Å². The van der Waals surface area contributed by atoms with Crippen molar-refractivity contribution in [1.82, 2.24) is 0 Å². The number of rotatable bonds is 6. The number of aryl methyl sites for hydroxylation is 1. The fraction of sp³-hybridized carbons (Fsp3) is 0.278. The van der Waals surface area contributed by atoms with Gasteiger partial charge >= 0.3 is 5.97 Å².